The highest BCUT2D eigenvalue weighted by Gasteiger charge is 2.25. The number of cyclic esters (lactones) is 1. The highest BCUT2D eigenvalue weighted by molar-refractivity contribution is 9.10. The van der Waals surface area contributed by atoms with Crippen molar-refractivity contribution in [2.24, 2.45) is 4.99 Å². The topological polar surface area (TPSA) is 47.9 Å². The van der Waals surface area contributed by atoms with Crippen molar-refractivity contribution >= 4 is 33.9 Å². The van der Waals surface area contributed by atoms with E-state index in [0.29, 0.717) is 12.4 Å². The van der Waals surface area contributed by atoms with Crippen LogP contribution in [0.4, 0.5) is 4.39 Å². The third kappa shape index (κ3) is 4.60. The van der Waals surface area contributed by atoms with Crippen molar-refractivity contribution in [3.05, 3.63) is 105 Å². The average Bonchev–Trinajstić information content (AvgIpc) is 3.07. The van der Waals surface area contributed by atoms with Gasteiger partial charge in [-0.2, -0.15) is 0 Å². The van der Waals surface area contributed by atoms with E-state index >= 15 is 0 Å². The van der Waals surface area contributed by atoms with E-state index in [1.165, 1.54) is 12.1 Å². The summed E-state index contributed by atoms with van der Waals surface area (Å²) in [5, 5.41) is 0. The fourth-order valence-corrected chi connectivity index (χ4v) is 3.25. The van der Waals surface area contributed by atoms with E-state index in [-0.39, 0.29) is 17.2 Å². The highest BCUT2D eigenvalue weighted by atomic mass is 79.9. The lowest BCUT2D eigenvalue weighted by atomic mass is 10.2. The van der Waals surface area contributed by atoms with E-state index in [2.05, 4.69) is 20.9 Å². The van der Waals surface area contributed by atoms with Crippen LogP contribution in [0.1, 0.15) is 16.7 Å². The van der Waals surface area contributed by atoms with Gasteiger partial charge in [0.25, 0.3) is 0 Å². The monoisotopic (exact) mass is 451 g/mol. The number of halogens is 2. The van der Waals surface area contributed by atoms with Crippen LogP contribution in [0, 0.1) is 5.82 Å². The summed E-state index contributed by atoms with van der Waals surface area (Å²) in [6, 6.07) is 21.2. The Labute approximate surface area is 175 Å². The van der Waals surface area contributed by atoms with Gasteiger partial charge in [-0.1, -0.05) is 52.3 Å². The second kappa shape index (κ2) is 8.41. The molecule has 4 rings (SSSR count). The maximum Gasteiger partial charge on any atom is 0.363 e. The predicted molar refractivity (Wildman–Crippen MR) is 112 cm³/mol. The molecule has 0 unspecified atom stereocenters. The summed E-state index contributed by atoms with van der Waals surface area (Å²) in [5.74, 6) is -0.502. The van der Waals surface area contributed by atoms with Crippen LogP contribution >= 0.6 is 15.9 Å². The molecular weight excluding hydrogens is 437 g/mol. The minimum atomic E-state index is -0.622. The molecule has 1 aliphatic heterocycles. The number of aliphatic imine (C=N–C) groups is 1. The Morgan fingerprint density at radius 1 is 1.03 bits per heavy atom. The fraction of sp³-hybridized carbons (Fsp3) is 0.0435. The number of nitrogens with zero attached hydrogens (tertiary/aromatic N) is 1. The molecule has 0 saturated heterocycles. The Bertz CT molecular complexity index is 1140. The summed E-state index contributed by atoms with van der Waals surface area (Å²) in [4.78, 5) is 16.3. The maximum absolute atomic E-state index is 13.9. The first-order chi connectivity index (χ1) is 14.1. The molecule has 3 aromatic rings. The zero-order valence-corrected chi connectivity index (χ0v) is 16.7. The Morgan fingerprint density at radius 3 is 2.69 bits per heavy atom. The van der Waals surface area contributed by atoms with Gasteiger partial charge < -0.3 is 9.47 Å². The van der Waals surface area contributed by atoms with Crippen molar-refractivity contribution in [3.63, 3.8) is 0 Å². The molecule has 144 valence electrons. The molecule has 0 spiro atoms. The largest absolute Gasteiger partial charge is 0.489 e. The number of rotatable bonds is 5. The van der Waals surface area contributed by atoms with E-state index in [0.717, 1.165) is 15.6 Å². The molecule has 3 aromatic carbocycles. The molecule has 0 atom stereocenters. The van der Waals surface area contributed by atoms with Crippen molar-refractivity contribution in [2.75, 3.05) is 0 Å². The van der Waals surface area contributed by atoms with Gasteiger partial charge in [0.15, 0.2) is 5.70 Å². The number of benzene rings is 3. The van der Waals surface area contributed by atoms with E-state index in [9.17, 15) is 9.18 Å². The first-order valence-corrected chi connectivity index (χ1v) is 9.62. The minimum absolute atomic E-state index is 0.0404. The zero-order chi connectivity index (χ0) is 20.2. The Balaban J connectivity index is 1.53. The van der Waals surface area contributed by atoms with Gasteiger partial charge in [0.05, 0.1) is 5.56 Å². The van der Waals surface area contributed by atoms with Crippen LogP contribution in [-0.4, -0.2) is 11.9 Å². The molecule has 0 fully saturated rings. The van der Waals surface area contributed by atoms with Crippen LogP contribution in [0.3, 0.4) is 0 Å². The smallest absolute Gasteiger partial charge is 0.363 e. The minimum Gasteiger partial charge on any atom is -0.489 e. The average molecular weight is 452 g/mol. The molecule has 1 aliphatic rings. The number of hydrogen-bond donors (Lipinski definition) is 0. The van der Waals surface area contributed by atoms with Crippen LogP contribution in [0.2, 0.25) is 0 Å². The van der Waals surface area contributed by atoms with Gasteiger partial charge in [-0.25, -0.2) is 14.2 Å². The lowest BCUT2D eigenvalue weighted by molar-refractivity contribution is -0.129. The molecule has 6 heteroatoms. The second-order valence-electron chi connectivity index (χ2n) is 6.31. The van der Waals surface area contributed by atoms with Crippen LogP contribution in [0.5, 0.6) is 5.75 Å². The normalized spacial score (nSPS) is 14.6. The molecule has 29 heavy (non-hydrogen) atoms. The van der Waals surface area contributed by atoms with Gasteiger partial charge in [0, 0.05) is 4.47 Å². The van der Waals surface area contributed by atoms with Crippen molar-refractivity contribution in [3.8, 4) is 5.75 Å². The maximum atomic E-state index is 13.9. The van der Waals surface area contributed by atoms with E-state index in [4.69, 9.17) is 9.47 Å². The summed E-state index contributed by atoms with van der Waals surface area (Å²) in [6.45, 7) is 0.414. The van der Waals surface area contributed by atoms with Crippen molar-refractivity contribution in [2.45, 2.75) is 6.61 Å². The highest BCUT2D eigenvalue weighted by Crippen LogP contribution is 2.23. The molecule has 0 amide bonds. The SMILES string of the molecule is O=C1OC(c2ccccc2F)=N/C1=C\c1cccc(OCc2cccc(Br)c2)c1. The molecule has 1 heterocycles. The molecule has 0 N–H and O–H groups in total. The zero-order valence-electron chi connectivity index (χ0n) is 15.1. The third-order valence-corrected chi connectivity index (χ3v) is 4.67. The van der Waals surface area contributed by atoms with Crippen molar-refractivity contribution in [1.82, 2.24) is 0 Å². The van der Waals surface area contributed by atoms with Crippen LogP contribution in [-0.2, 0) is 16.1 Å². The van der Waals surface area contributed by atoms with Gasteiger partial charge in [0.2, 0.25) is 5.90 Å². The molecule has 0 bridgehead atoms. The Hall–Kier alpha value is -3.25. The van der Waals surface area contributed by atoms with Gasteiger partial charge in [-0.3, -0.25) is 0 Å². The standard InChI is InChI=1S/C23H15BrFNO3/c24-17-7-3-6-16(11-17)14-28-18-8-4-5-15(12-18)13-21-23(27)29-22(26-21)19-9-1-2-10-20(19)25/h1-13H,14H2/b21-13-. The van der Waals surface area contributed by atoms with Gasteiger partial charge in [-0.15, -0.1) is 0 Å². The van der Waals surface area contributed by atoms with Crippen LogP contribution in [0.25, 0.3) is 6.08 Å². The van der Waals surface area contributed by atoms with Gasteiger partial charge in [0.1, 0.15) is 18.2 Å². The van der Waals surface area contributed by atoms with Gasteiger partial charge >= 0.3 is 5.97 Å². The van der Waals surface area contributed by atoms with Crippen LogP contribution in [0.15, 0.2) is 88.0 Å². The molecule has 0 aliphatic carbocycles. The number of carbonyl (C=O) groups is 1. The molecule has 0 saturated carbocycles. The summed E-state index contributed by atoms with van der Waals surface area (Å²) in [5.41, 5.74) is 2.01. The Kier molecular flexibility index (Phi) is 5.53. The summed E-state index contributed by atoms with van der Waals surface area (Å²) in [6.07, 6.45) is 1.59. The van der Waals surface area contributed by atoms with E-state index in [1.54, 1.807) is 24.3 Å². The second-order valence-corrected chi connectivity index (χ2v) is 7.22. The van der Waals surface area contributed by atoms with Crippen molar-refractivity contribution in [1.29, 1.82) is 0 Å². The van der Waals surface area contributed by atoms with Crippen molar-refractivity contribution < 1.29 is 18.7 Å². The predicted octanol–water partition coefficient (Wildman–Crippen LogP) is 5.51. The molecular formula is C23H15BrFNO3. The summed E-state index contributed by atoms with van der Waals surface area (Å²) >= 11 is 3.44. The Morgan fingerprint density at radius 2 is 1.86 bits per heavy atom. The molecule has 4 nitrogen and oxygen atoms in total. The third-order valence-electron chi connectivity index (χ3n) is 4.18. The summed E-state index contributed by atoms with van der Waals surface area (Å²) in [7, 11) is 0. The number of carbonyl (C=O) groups excluding carboxylic acids is 1. The quantitative estimate of drug-likeness (QED) is 0.379. The molecule has 0 aromatic heterocycles. The lowest BCUT2D eigenvalue weighted by Gasteiger charge is -2.07. The van der Waals surface area contributed by atoms with Crippen LogP contribution < -0.4 is 4.74 Å². The first-order valence-electron chi connectivity index (χ1n) is 8.83. The van der Waals surface area contributed by atoms with Gasteiger partial charge in [-0.05, 0) is 53.6 Å². The fourth-order valence-electron chi connectivity index (χ4n) is 2.80. The van der Waals surface area contributed by atoms with E-state index in [1.807, 2.05) is 42.5 Å². The molecule has 0 radical (unpaired) electrons. The number of hydrogen-bond acceptors (Lipinski definition) is 4. The summed E-state index contributed by atoms with van der Waals surface area (Å²) < 4.78 is 25.9. The first kappa shape index (κ1) is 19.1. The van der Waals surface area contributed by atoms with E-state index < -0.39 is 11.8 Å². The number of esters is 1. The lowest BCUT2D eigenvalue weighted by Crippen LogP contribution is -2.07. The number of ether oxygens (including phenoxy) is 2.